The van der Waals surface area contributed by atoms with Gasteiger partial charge in [0.25, 0.3) is 0 Å². The van der Waals surface area contributed by atoms with Crippen LogP contribution in [-0.4, -0.2) is 4.98 Å². The molecule has 0 amide bonds. The summed E-state index contributed by atoms with van der Waals surface area (Å²) in [4.78, 5) is 6.02. The van der Waals surface area contributed by atoms with Crippen molar-refractivity contribution in [3.63, 3.8) is 0 Å². The van der Waals surface area contributed by atoms with E-state index >= 15 is 0 Å². The molecule has 2 aromatic carbocycles. The highest BCUT2D eigenvalue weighted by molar-refractivity contribution is 7.25. The van der Waals surface area contributed by atoms with Crippen molar-refractivity contribution in [1.29, 1.82) is 0 Å². The van der Waals surface area contributed by atoms with E-state index < -0.39 is 0 Å². The Morgan fingerprint density at radius 3 is 2.64 bits per heavy atom. The third kappa shape index (κ3) is 2.16. The van der Waals surface area contributed by atoms with Gasteiger partial charge in [-0.25, -0.2) is 9.55 Å². The molecule has 2 nitrogen and oxygen atoms in total. The zero-order valence-electron chi connectivity index (χ0n) is 14.2. The largest absolute Gasteiger partial charge is 0.237 e. The minimum Gasteiger partial charge on any atom is -0.237 e. The Morgan fingerprint density at radius 1 is 0.960 bits per heavy atom. The Bertz CT molecular complexity index is 1270. The monoisotopic (exact) mass is 341 g/mol. The summed E-state index contributed by atoms with van der Waals surface area (Å²) >= 11 is 1.78. The average Bonchev–Trinajstić information content (AvgIpc) is 2.98. The molecule has 0 atom stereocenters. The summed E-state index contributed by atoms with van der Waals surface area (Å²) in [6, 6.07) is 21.4. The lowest BCUT2D eigenvalue weighted by Gasteiger charge is -2.06. The average molecular weight is 341 g/mol. The third-order valence-electron chi connectivity index (χ3n) is 4.85. The Labute approximate surface area is 150 Å². The number of nitrogens with zero attached hydrogens (tertiary/aromatic N) is 2. The fraction of sp³-hybridized carbons (Fsp3) is 0.0909. The molecule has 0 N–H and O–H groups in total. The lowest BCUT2D eigenvalue weighted by molar-refractivity contribution is -0.659. The van der Waals surface area contributed by atoms with Crippen molar-refractivity contribution in [2.75, 3.05) is 0 Å². The van der Waals surface area contributed by atoms with Crippen LogP contribution in [0.15, 0.2) is 66.9 Å². The summed E-state index contributed by atoms with van der Waals surface area (Å²) in [5.41, 5.74) is 4.89. The summed E-state index contributed by atoms with van der Waals surface area (Å²) in [5, 5.41) is 3.74. The molecule has 0 saturated carbocycles. The normalized spacial score (nSPS) is 11.6. The van der Waals surface area contributed by atoms with E-state index in [4.69, 9.17) is 4.98 Å². The number of hydrogen-bond donors (Lipinski definition) is 0. The van der Waals surface area contributed by atoms with Crippen LogP contribution in [0.4, 0.5) is 0 Å². The molecule has 0 bridgehead atoms. The van der Waals surface area contributed by atoms with Gasteiger partial charge in [-0.15, -0.1) is 11.3 Å². The Kier molecular flexibility index (Phi) is 3.12. The summed E-state index contributed by atoms with van der Waals surface area (Å²) in [7, 11) is 2.12. The van der Waals surface area contributed by atoms with Gasteiger partial charge in [0.2, 0.25) is 5.69 Å². The molecule has 5 aromatic rings. The first-order valence-electron chi connectivity index (χ1n) is 8.39. The molecular formula is C22H17N2S+. The van der Waals surface area contributed by atoms with Crippen molar-refractivity contribution in [2.24, 2.45) is 7.05 Å². The molecule has 25 heavy (non-hydrogen) atoms. The number of pyridine rings is 2. The van der Waals surface area contributed by atoms with Gasteiger partial charge in [0.05, 0.1) is 10.9 Å². The van der Waals surface area contributed by atoms with Crippen molar-refractivity contribution in [3.8, 4) is 11.3 Å². The van der Waals surface area contributed by atoms with Gasteiger partial charge < -0.3 is 0 Å². The van der Waals surface area contributed by atoms with Crippen molar-refractivity contribution in [2.45, 2.75) is 6.92 Å². The minimum absolute atomic E-state index is 1.06. The van der Waals surface area contributed by atoms with Crippen LogP contribution >= 0.6 is 11.3 Å². The molecule has 0 aliphatic heterocycles. The van der Waals surface area contributed by atoms with Crippen LogP contribution in [0.1, 0.15) is 5.56 Å². The van der Waals surface area contributed by atoms with Crippen LogP contribution in [0, 0.1) is 6.92 Å². The van der Waals surface area contributed by atoms with Crippen LogP contribution in [0.5, 0.6) is 0 Å². The lowest BCUT2D eigenvalue weighted by atomic mass is 10.0. The topological polar surface area (TPSA) is 16.8 Å². The third-order valence-corrected chi connectivity index (χ3v) is 5.92. The van der Waals surface area contributed by atoms with Gasteiger partial charge in [0, 0.05) is 27.1 Å². The molecule has 0 spiro atoms. The minimum atomic E-state index is 1.06. The highest BCUT2D eigenvalue weighted by atomic mass is 32.1. The Balaban J connectivity index is 1.99. The zero-order valence-corrected chi connectivity index (χ0v) is 15.0. The maximum absolute atomic E-state index is 4.91. The van der Waals surface area contributed by atoms with Gasteiger partial charge in [-0.3, -0.25) is 0 Å². The maximum Gasteiger partial charge on any atom is 0.221 e. The van der Waals surface area contributed by atoms with E-state index in [1.807, 2.05) is 6.07 Å². The molecule has 0 fully saturated rings. The fourth-order valence-corrected chi connectivity index (χ4v) is 4.66. The Morgan fingerprint density at radius 2 is 1.76 bits per heavy atom. The molecule has 0 aliphatic carbocycles. The second-order valence-corrected chi connectivity index (χ2v) is 7.50. The molecule has 3 heteroatoms. The highest BCUT2D eigenvalue weighted by Crippen LogP contribution is 2.39. The van der Waals surface area contributed by atoms with Crippen molar-refractivity contribution in [3.05, 3.63) is 72.4 Å². The van der Waals surface area contributed by atoms with E-state index in [0.717, 1.165) is 10.3 Å². The molecule has 120 valence electrons. The van der Waals surface area contributed by atoms with Gasteiger partial charge in [0.15, 0.2) is 6.20 Å². The van der Waals surface area contributed by atoms with E-state index in [1.165, 1.54) is 37.7 Å². The molecule has 3 heterocycles. The molecule has 0 aliphatic rings. The van der Waals surface area contributed by atoms with Gasteiger partial charge in [-0.2, -0.15) is 0 Å². The fourth-order valence-electron chi connectivity index (χ4n) is 3.60. The van der Waals surface area contributed by atoms with E-state index in [-0.39, 0.29) is 0 Å². The van der Waals surface area contributed by atoms with Crippen LogP contribution < -0.4 is 4.57 Å². The smallest absolute Gasteiger partial charge is 0.221 e. The highest BCUT2D eigenvalue weighted by Gasteiger charge is 2.21. The van der Waals surface area contributed by atoms with Crippen LogP contribution in [0.25, 0.3) is 42.5 Å². The molecule has 0 saturated heterocycles. The van der Waals surface area contributed by atoms with E-state index in [1.54, 1.807) is 11.3 Å². The van der Waals surface area contributed by atoms with Crippen molar-refractivity contribution >= 4 is 42.5 Å². The number of rotatable bonds is 1. The first-order valence-corrected chi connectivity index (χ1v) is 9.21. The van der Waals surface area contributed by atoms with Gasteiger partial charge in [-0.1, -0.05) is 36.4 Å². The quantitative estimate of drug-likeness (QED) is 0.373. The van der Waals surface area contributed by atoms with Crippen LogP contribution in [0.2, 0.25) is 0 Å². The molecular weight excluding hydrogens is 324 g/mol. The summed E-state index contributed by atoms with van der Waals surface area (Å²) in [6.07, 6.45) is 2.15. The number of thiophene rings is 1. The number of fused-ring (bicyclic) bond motifs is 4. The molecule has 0 unspecified atom stereocenters. The molecule has 3 aromatic heterocycles. The SMILES string of the molecule is Cc1ccccc1-c1c2c(cc[n+]1C)sc1nc3ccccc3cc12. The predicted molar refractivity (Wildman–Crippen MR) is 106 cm³/mol. The van der Waals surface area contributed by atoms with E-state index in [2.05, 4.69) is 79.3 Å². The van der Waals surface area contributed by atoms with Crippen molar-refractivity contribution < 1.29 is 4.57 Å². The first kappa shape index (κ1) is 14.6. The van der Waals surface area contributed by atoms with Crippen LogP contribution in [-0.2, 0) is 7.05 Å². The molecule has 5 rings (SSSR count). The Hall–Kier alpha value is -2.78. The van der Waals surface area contributed by atoms with Gasteiger partial charge in [0.1, 0.15) is 11.9 Å². The number of aromatic nitrogens is 2. The maximum atomic E-state index is 4.91. The van der Waals surface area contributed by atoms with Crippen molar-refractivity contribution in [1.82, 2.24) is 4.98 Å². The first-order chi connectivity index (χ1) is 12.2. The second-order valence-electron chi connectivity index (χ2n) is 6.47. The number of aryl methyl sites for hydroxylation is 2. The number of benzene rings is 2. The lowest BCUT2D eigenvalue weighted by Crippen LogP contribution is -2.30. The van der Waals surface area contributed by atoms with Gasteiger partial charge in [-0.05, 0) is 30.7 Å². The zero-order chi connectivity index (χ0) is 17.0. The summed E-state index contributed by atoms with van der Waals surface area (Å²) < 4.78 is 3.51. The summed E-state index contributed by atoms with van der Waals surface area (Å²) in [5.74, 6) is 0. The van der Waals surface area contributed by atoms with Gasteiger partial charge >= 0.3 is 0 Å². The number of para-hydroxylation sites is 1. The second kappa shape index (κ2) is 5.36. The van der Waals surface area contributed by atoms with E-state index in [0.29, 0.717) is 0 Å². The summed E-state index contributed by atoms with van der Waals surface area (Å²) in [6.45, 7) is 2.18. The van der Waals surface area contributed by atoms with E-state index in [9.17, 15) is 0 Å². The van der Waals surface area contributed by atoms with Crippen LogP contribution in [0.3, 0.4) is 0 Å². The number of hydrogen-bond acceptors (Lipinski definition) is 2. The predicted octanol–water partition coefficient (Wildman–Crippen LogP) is 5.40. The standard InChI is InChI=1S/C22H17N2S/c1-14-7-3-5-9-16(14)21-20-17-13-15-8-4-6-10-18(15)23-22(17)25-19(20)11-12-24(21)2/h3-13H,1-2H3/q+1. The molecule has 0 radical (unpaired) electrons.